The largest absolute Gasteiger partial charge is 0.456 e. The van der Waals surface area contributed by atoms with E-state index in [1.807, 2.05) is 0 Å². The predicted octanol–water partition coefficient (Wildman–Crippen LogP) is 4.31. The van der Waals surface area contributed by atoms with Crippen molar-refractivity contribution < 1.29 is 52.7 Å². The minimum atomic E-state index is -5.76. The molecule has 0 aliphatic rings. The maximum atomic E-state index is 11.2. The summed E-state index contributed by atoms with van der Waals surface area (Å²) >= 11 is 0. The maximum Gasteiger partial charge on any atom is 0.456 e. The molecule has 0 N–H and O–H groups in total. The molecule has 0 amide bonds. The third kappa shape index (κ3) is 5.67. The quantitative estimate of drug-likeness (QED) is 0.667. The van der Waals surface area contributed by atoms with Crippen molar-refractivity contribution >= 4 is 0 Å². The van der Waals surface area contributed by atoms with E-state index in [0.717, 1.165) is 0 Å². The van der Waals surface area contributed by atoms with E-state index in [1.165, 1.54) is 0 Å². The summed E-state index contributed by atoms with van der Waals surface area (Å²) in [5, 5.41) is 0. The summed E-state index contributed by atoms with van der Waals surface area (Å²) < 4.78 is 131. The molecule has 0 fully saturated rings. The van der Waals surface area contributed by atoms with Gasteiger partial charge in [-0.3, -0.25) is 0 Å². The van der Waals surface area contributed by atoms with Crippen molar-refractivity contribution in [2.45, 2.75) is 24.2 Å². The maximum absolute atomic E-state index is 11.2. The van der Waals surface area contributed by atoms with Crippen molar-refractivity contribution in [2.24, 2.45) is 0 Å². The number of hydrogen-bond donors (Lipinski definition) is 0. The molecule has 0 aromatic heterocycles. The monoisotopic (exact) mass is 304 g/mol. The van der Waals surface area contributed by atoms with Gasteiger partial charge in [0.05, 0.1) is 0 Å². The van der Waals surface area contributed by atoms with Gasteiger partial charge in [0.1, 0.15) is 0 Å². The standard InChI is InChI=1S/2C3H2F6/c2*4-1-2(5,6)3(7,8)9/h2*1H2. The van der Waals surface area contributed by atoms with Gasteiger partial charge < -0.3 is 0 Å². The molecule has 0 aromatic carbocycles. The smallest absolute Gasteiger partial charge is 0.244 e. The molecule has 0 nitrogen and oxygen atoms in total. The lowest BCUT2D eigenvalue weighted by atomic mass is 10.4. The number of rotatable bonds is 2. The van der Waals surface area contributed by atoms with Gasteiger partial charge in [0.15, 0.2) is 13.3 Å². The number of hydrogen-bond acceptors (Lipinski definition) is 0. The van der Waals surface area contributed by atoms with E-state index in [1.54, 1.807) is 0 Å². The molecule has 0 atom stereocenters. The molecule has 0 saturated heterocycles. The topological polar surface area (TPSA) is 0 Å². The molecule has 0 radical (unpaired) electrons. The van der Waals surface area contributed by atoms with E-state index in [2.05, 4.69) is 0 Å². The van der Waals surface area contributed by atoms with Gasteiger partial charge >= 0.3 is 24.2 Å². The van der Waals surface area contributed by atoms with Crippen LogP contribution in [-0.2, 0) is 0 Å². The van der Waals surface area contributed by atoms with Gasteiger partial charge in [-0.25, -0.2) is 8.78 Å². The molecule has 0 saturated carbocycles. The normalized spacial score (nSPS) is 14.0. The Kier molecular flexibility index (Phi) is 6.36. The molecule has 0 heterocycles. The fourth-order valence-corrected chi connectivity index (χ4v) is 0.152. The molecular weight excluding hydrogens is 300 g/mol. The van der Waals surface area contributed by atoms with Crippen LogP contribution in [0.25, 0.3) is 0 Å². The zero-order valence-corrected chi connectivity index (χ0v) is 7.95. The Hall–Kier alpha value is -0.840. The van der Waals surface area contributed by atoms with Crippen LogP contribution >= 0.6 is 0 Å². The molecule has 0 aliphatic heterocycles. The van der Waals surface area contributed by atoms with Gasteiger partial charge in [-0.15, -0.1) is 0 Å². The second kappa shape index (κ2) is 5.87. The van der Waals surface area contributed by atoms with Crippen LogP contribution in [0.15, 0.2) is 0 Å². The summed E-state index contributed by atoms with van der Waals surface area (Å²) in [6.45, 7) is -5.40. The highest BCUT2D eigenvalue weighted by atomic mass is 19.4. The highest BCUT2D eigenvalue weighted by Gasteiger charge is 2.58. The molecule has 0 spiro atoms. The molecule has 12 heteroatoms. The molecule has 0 rings (SSSR count). The Balaban J connectivity index is 0. The Morgan fingerprint density at radius 1 is 0.444 bits per heavy atom. The van der Waals surface area contributed by atoms with Crippen LogP contribution in [-0.4, -0.2) is 37.5 Å². The second-order valence-electron chi connectivity index (χ2n) is 2.67. The summed E-state index contributed by atoms with van der Waals surface area (Å²) in [5.74, 6) is -10.4. The summed E-state index contributed by atoms with van der Waals surface area (Å²) in [4.78, 5) is 0. The van der Waals surface area contributed by atoms with Crippen molar-refractivity contribution in [3.8, 4) is 0 Å². The van der Waals surface area contributed by atoms with Crippen LogP contribution in [0.1, 0.15) is 0 Å². The Bertz CT molecular complexity index is 208. The molecule has 112 valence electrons. The van der Waals surface area contributed by atoms with Crippen molar-refractivity contribution in [3.63, 3.8) is 0 Å². The Morgan fingerprint density at radius 3 is 0.611 bits per heavy atom. The molecule has 0 aliphatic carbocycles. The van der Waals surface area contributed by atoms with Gasteiger partial charge in [0.25, 0.3) is 0 Å². The van der Waals surface area contributed by atoms with E-state index in [9.17, 15) is 52.7 Å². The highest BCUT2D eigenvalue weighted by molar-refractivity contribution is 4.74. The second-order valence-corrected chi connectivity index (χ2v) is 2.67. The molecule has 0 aromatic rings. The average Bonchev–Trinajstić information content (AvgIpc) is 2.15. The van der Waals surface area contributed by atoms with Crippen LogP contribution in [0, 0.1) is 0 Å². The zero-order valence-electron chi connectivity index (χ0n) is 7.95. The van der Waals surface area contributed by atoms with Gasteiger partial charge in [0.2, 0.25) is 0 Å². The summed E-state index contributed by atoms with van der Waals surface area (Å²) in [5.41, 5.74) is 0. The van der Waals surface area contributed by atoms with Gasteiger partial charge in [-0.2, -0.15) is 43.9 Å². The first kappa shape index (κ1) is 19.5. The van der Waals surface area contributed by atoms with Crippen LogP contribution in [0.5, 0.6) is 0 Å². The van der Waals surface area contributed by atoms with E-state index in [0.29, 0.717) is 0 Å². The van der Waals surface area contributed by atoms with Crippen molar-refractivity contribution in [1.82, 2.24) is 0 Å². The van der Waals surface area contributed by atoms with Crippen LogP contribution in [0.2, 0.25) is 0 Å². The number of halogens is 12. The van der Waals surface area contributed by atoms with Crippen molar-refractivity contribution in [3.05, 3.63) is 0 Å². The summed E-state index contributed by atoms with van der Waals surface area (Å²) in [7, 11) is 0. The lowest BCUT2D eigenvalue weighted by molar-refractivity contribution is -0.286. The van der Waals surface area contributed by atoms with Crippen LogP contribution in [0.4, 0.5) is 52.7 Å². The predicted molar refractivity (Wildman–Crippen MR) is 34.0 cm³/mol. The third-order valence-electron chi connectivity index (χ3n) is 1.17. The lowest BCUT2D eigenvalue weighted by Crippen LogP contribution is -2.38. The fraction of sp³-hybridized carbons (Fsp3) is 1.00. The van der Waals surface area contributed by atoms with E-state index < -0.39 is 37.5 Å². The lowest BCUT2D eigenvalue weighted by Gasteiger charge is -2.14. The first-order chi connectivity index (χ1) is 7.62. The Morgan fingerprint density at radius 2 is 0.611 bits per heavy atom. The Labute approximate surface area is 91.6 Å². The van der Waals surface area contributed by atoms with Gasteiger partial charge in [0, 0.05) is 0 Å². The SMILES string of the molecule is FCC(F)(F)C(F)(F)F.FCC(F)(F)C(F)(F)F. The average molecular weight is 304 g/mol. The van der Waals surface area contributed by atoms with Crippen molar-refractivity contribution in [2.75, 3.05) is 13.3 Å². The minimum absolute atomic E-state index is 2.70. The van der Waals surface area contributed by atoms with Crippen LogP contribution < -0.4 is 0 Å². The van der Waals surface area contributed by atoms with Gasteiger partial charge in [-0.05, 0) is 0 Å². The van der Waals surface area contributed by atoms with E-state index in [-0.39, 0.29) is 0 Å². The highest BCUT2D eigenvalue weighted by Crippen LogP contribution is 2.35. The molecule has 18 heavy (non-hydrogen) atoms. The third-order valence-corrected chi connectivity index (χ3v) is 1.17. The zero-order chi connectivity index (χ0) is 15.4. The first-order valence-corrected chi connectivity index (χ1v) is 3.63. The van der Waals surface area contributed by atoms with Gasteiger partial charge in [-0.1, -0.05) is 0 Å². The first-order valence-electron chi connectivity index (χ1n) is 3.63. The van der Waals surface area contributed by atoms with Crippen molar-refractivity contribution in [1.29, 1.82) is 0 Å². The van der Waals surface area contributed by atoms with E-state index in [4.69, 9.17) is 0 Å². The molecular formula is C6H4F12. The number of alkyl halides is 12. The van der Waals surface area contributed by atoms with Crippen LogP contribution in [0.3, 0.4) is 0 Å². The summed E-state index contributed by atoms with van der Waals surface area (Å²) in [6, 6.07) is 0. The molecule has 0 unspecified atom stereocenters. The summed E-state index contributed by atoms with van der Waals surface area (Å²) in [6.07, 6.45) is -11.5. The minimum Gasteiger partial charge on any atom is -0.244 e. The molecule has 0 bridgehead atoms. The fourth-order valence-electron chi connectivity index (χ4n) is 0.152. The van der Waals surface area contributed by atoms with E-state index >= 15 is 0 Å².